The van der Waals surface area contributed by atoms with E-state index in [0.29, 0.717) is 31.9 Å². The van der Waals surface area contributed by atoms with Crippen molar-refractivity contribution in [2.45, 2.75) is 19.5 Å². The van der Waals surface area contributed by atoms with E-state index in [9.17, 15) is 9.59 Å². The van der Waals surface area contributed by atoms with E-state index in [0.717, 1.165) is 22.6 Å². The second-order valence-electron chi connectivity index (χ2n) is 8.61. The van der Waals surface area contributed by atoms with Gasteiger partial charge in [0.1, 0.15) is 12.3 Å². The van der Waals surface area contributed by atoms with Crippen LogP contribution in [0, 0.1) is 6.92 Å². The molecule has 1 N–H and O–H groups in total. The molecule has 0 spiro atoms. The summed E-state index contributed by atoms with van der Waals surface area (Å²) in [5.41, 5.74) is 3.73. The second-order valence-corrected chi connectivity index (χ2v) is 8.61. The molecular weight excluding hydrogens is 444 g/mol. The van der Waals surface area contributed by atoms with Gasteiger partial charge < -0.3 is 29.2 Å². The summed E-state index contributed by atoms with van der Waals surface area (Å²) in [7, 11) is 3.21. The van der Waals surface area contributed by atoms with Gasteiger partial charge in [-0.05, 0) is 54.4 Å². The number of methoxy groups -OCH3 is 2. The fraction of sp³-hybridized carbons (Fsp3) is 0.333. The molecule has 184 valence electrons. The summed E-state index contributed by atoms with van der Waals surface area (Å²) in [5, 5.41) is 2.91. The van der Waals surface area contributed by atoms with Gasteiger partial charge in [0.05, 0.1) is 19.8 Å². The third-order valence-electron chi connectivity index (χ3n) is 6.22. The molecule has 1 aliphatic rings. The van der Waals surface area contributed by atoms with E-state index in [4.69, 9.17) is 9.47 Å². The molecule has 3 amide bonds. The smallest absolute Gasteiger partial charge is 0.322 e. The first-order chi connectivity index (χ1) is 17.0. The third kappa shape index (κ3) is 5.66. The van der Waals surface area contributed by atoms with Crippen molar-refractivity contribution in [1.82, 2.24) is 14.4 Å². The van der Waals surface area contributed by atoms with Crippen LogP contribution in [0.15, 0.2) is 66.9 Å². The number of rotatable bonds is 8. The molecule has 2 heterocycles. The van der Waals surface area contributed by atoms with Gasteiger partial charge in [0.15, 0.2) is 0 Å². The Morgan fingerprint density at radius 3 is 2.66 bits per heavy atom. The Hall–Kier alpha value is -3.78. The average molecular weight is 477 g/mol. The molecule has 0 aliphatic carbocycles. The van der Waals surface area contributed by atoms with Gasteiger partial charge in [-0.2, -0.15) is 0 Å². The number of urea groups is 1. The molecule has 0 radical (unpaired) electrons. The number of fused-ring (bicyclic) bond motifs is 1. The summed E-state index contributed by atoms with van der Waals surface area (Å²) < 4.78 is 12.8. The van der Waals surface area contributed by atoms with Crippen molar-refractivity contribution in [3.63, 3.8) is 0 Å². The first kappa shape index (κ1) is 24.3. The van der Waals surface area contributed by atoms with Crippen molar-refractivity contribution in [1.29, 1.82) is 0 Å². The van der Waals surface area contributed by atoms with Crippen molar-refractivity contribution in [3.05, 3.63) is 83.7 Å². The van der Waals surface area contributed by atoms with Gasteiger partial charge in [-0.25, -0.2) is 4.79 Å². The van der Waals surface area contributed by atoms with Gasteiger partial charge in [0.2, 0.25) is 5.91 Å². The number of ether oxygens (including phenoxy) is 2. The number of anilines is 1. The Morgan fingerprint density at radius 2 is 1.89 bits per heavy atom. The number of aryl methyl sites for hydroxylation is 1. The highest BCUT2D eigenvalue weighted by atomic mass is 16.5. The zero-order valence-electron chi connectivity index (χ0n) is 20.4. The van der Waals surface area contributed by atoms with Gasteiger partial charge in [0.25, 0.3) is 0 Å². The molecule has 8 nitrogen and oxygen atoms in total. The summed E-state index contributed by atoms with van der Waals surface area (Å²) in [6, 6.07) is 18.8. The van der Waals surface area contributed by atoms with Crippen molar-refractivity contribution in [3.8, 4) is 5.75 Å². The molecule has 2 aromatic carbocycles. The molecule has 0 fully saturated rings. The highest BCUT2D eigenvalue weighted by Gasteiger charge is 2.33. The Kier molecular flexibility index (Phi) is 7.72. The summed E-state index contributed by atoms with van der Waals surface area (Å²) in [6.07, 6.45) is 2.03. The molecule has 4 rings (SSSR count). The summed E-state index contributed by atoms with van der Waals surface area (Å²) >= 11 is 0. The molecule has 3 aromatic rings. The summed E-state index contributed by atoms with van der Waals surface area (Å²) in [4.78, 5) is 30.1. The maximum Gasteiger partial charge on any atom is 0.322 e. The number of carbonyl (C=O) groups is 2. The molecule has 1 aliphatic heterocycles. The number of hydrogen-bond acceptors (Lipinski definition) is 4. The lowest BCUT2D eigenvalue weighted by molar-refractivity contribution is -0.134. The average Bonchev–Trinajstić information content (AvgIpc) is 3.34. The van der Waals surface area contributed by atoms with E-state index in [2.05, 4.69) is 9.88 Å². The first-order valence-corrected chi connectivity index (χ1v) is 11.7. The lowest BCUT2D eigenvalue weighted by Gasteiger charge is -2.38. The van der Waals surface area contributed by atoms with Gasteiger partial charge >= 0.3 is 6.03 Å². The Balaban J connectivity index is 1.57. The zero-order chi connectivity index (χ0) is 24.8. The lowest BCUT2D eigenvalue weighted by atomic mass is 9.99. The van der Waals surface area contributed by atoms with Crippen LogP contribution in [-0.2, 0) is 16.1 Å². The predicted octanol–water partition coefficient (Wildman–Crippen LogP) is 3.92. The standard InChI is InChI=1S/C27H32N4O4/c1-20-7-4-9-22(17-20)28-27(33)30(15-16-34-2)19-25(32)31-14-13-29-12-6-11-24(29)26(31)21-8-5-10-23(18-21)35-3/h4-12,17-18,26H,13-16,19H2,1-3H3,(H,28,33). The number of amides is 3. The van der Waals surface area contributed by atoms with Gasteiger partial charge in [0, 0.05) is 44.3 Å². The van der Waals surface area contributed by atoms with E-state index in [1.807, 2.05) is 78.7 Å². The van der Waals surface area contributed by atoms with Crippen LogP contribution in [0.1, 0.15) is 22.9 Å². The van der Waals surface area contributed by atoms with Crippen LogP contribution in [-0.4, -0.2) is 66.8 Å². The van der Waals surface area contributed by atoms with Gasteiger partial charge in [-0.15, -0.1) is 0 Å². The molecule has 0 bridgehead atoms. The number of benzene rings is 2. The third-order valence-corrected chi connectivity index (χ3v) is 6.22. The molecule has 0 saturated heterocycles. The summed E-state index contributed by atoms with van der Waals surface area (Å²) in [5.74, 6) is 0.610. The van der Waals surface area contributed by atoms with Crippen LogP contribution in [0.25, 0.3) is 0 Å². The van der Waals surface area contributed by atoms with E-state index in [1.54, 1.807) is 14.2 Å². The van der Waals surface area contributed by atoms with Crippen LogP contribution in [0.2, 0.25) is 0 Å². The molecular formula is C27H32N4O4. The zero-order valence-corrected chi connectivity index (χ0v) is 20.4. The number of nitrogens with zero attached hydrogens (tertiary/aromatic N) is 3. The number of carbonyl (C=O) groups excluding carboxylic acids is 2. The highest BCUT2D eigenvalue weighted by molar-refractivity contribution is 5.92. The largest absolute Gasteiger partial charge is 0.497 e. The number of aromatic nitrogens is 1. The molecule has 35 heavy (non-hydrogen) atoms. The minimum Gasteiger partial charge on any atom is -0.497 e. The Bertz CT molecular complexity index is 1180. The quantitative estimate of drug-likeness (QED) is 0.535. The predicted molar refractivity (Wildman–Crippen MR) is 135 cm³/mol. The minimum atomic E-state index is -0.334. The topological polar surface area (TPSA) is 76.0 Å². The Labute approximate surface area is 206 Å². The number of nitrogens with one attached hydrogen (secondary N) is 1. The van der Waals surface area contributed by atoms with Crippen LogP contribution in [0.3, 0.4) is 0 Å². The molecule has 0 saturated carbocycles. The number of hydrogen-bond donors (Lipinski definition) is 1. The van der Waals surface area contributed by atoms with E-state index in [1.165, 1.54) is 4.90 Å². The van der Waals surface area contributed by atoms with Crippen molar-refractivity contribution in [2.24, 2.45) is 0 Å². The fourth-order valence-electron chi connectivity index (χ4n) is 4.45. The molecule has 8 heteroatoms. The van der Waals surface area contributed by atoms with E-state index >= 15 is 0 Å². The fourth-order valence-corrected chi connectivity index (χ4v) is 4.45. The minimum absolute atomic E-state index is 0.0534. The van der Waals surface area contributed by atoms with Crippen LogP contribution in [0.4, 0.5) is 10.5 Å². The van der Waals surface area contributed by atoms with Crippen molar-refractivity contribution >= 4 is 17.6 Å². The van der Waals surface area contributed by atoms with Crippen LogP contribution < -0.4 is 10.1 Å². The first-order valence-electron chi connectivity index (χ1n) is 11.7. The summed E-state index contributed by atoms with van der Waals surface area (Å²) in [6.45, 7) is 3.78. The van der Waals surface area contributed by atoms with E-state index < -0.39 is 0 Å². The van der Waals surface area contributed by atoms with Crippen LogP contribution in [0.5, 0.6) is 5.75 Å². The van der Waals surface area contributed by atoms with E-state index in [-0.39, 0.29) is 24.5 Å². The maximum absolute atomic E-state index is 13.7. The van der Waals surface area contributed by atoms with Gasteiger partial charge in [-0.1, -0.05) is 24.3 Å². The molecule has 1 unspecified atom stereocenters. The van der Waals surface area contributed by atoms with Crippen molar-refractivity contribution < 1.29 is 19.1 Å². The molecule has 1 aromatic heterocycles. The Morgan fingerprint density at radius 1 is 1.06 bits per heavy atom. The van der Waals surface area contributed by atoms with Crippen LogP contribution >= 0.6 is 0 Å². The van der Waals surface area contributed by atoms with Crippen molar-refractivity contribution in [2.75, 3.05) is 45.8 Å². The van der Waals surface area contributed by atoms with Gasteiger partial charge in [-0.3, -0.25) is 4.79 Å². The highest BCUT2D eigenvalue weighted by Crippen LogP contribution is 2.34. The monoisotopic (exact) mass is 476 g/mol. The maximum atomic E-state index is 13.7. The molecule has 1 atom stereocenters. The normalized spacial score (nSPS) is 14.8. The SMILES string of the molecule is COCCN(CC(=O)N1CCn2cccc2C1c1cccc(OC)c1)C(=O)Nc1cccc(C)c1. The second kappa shape index (κ2) is 11.1. The lowest BCUT2D eigenvalue weighted by Crippen LogP contribution is -2.49.